The van der Waals surface area contributed by atoms with Gasteiger partial charge in [-0.3, -0.25) is 9.59 Å². The Hall–Kier alpha value is -3.18. The van der Waals surface area contributed by atoms with Crippen molar-refractivity contribution in [3.63, 3.8) is 0 Å². The lowest BCUT2D eigenvalue weighted by molar-refractivity contribution is 0.0900. The van der Waals surface area contributed by atoms with Crippen molar-refractivity contribution in [1.29, 1.82) is 0 Å². The molecule has 2 aromatic carbocycles. The monoisotopic (exact) mass is 363 g/mol. The zero-order valence-electron chi connectivity index (χ0n) is 15.1. The fourth-order valence-electron chi connectivity index (χ4n) is 2.57. The van der Waals surface area contributed by atoms with Crippen LogP contribution in [-0.2, 0) is 11.3 Å². The van der Waals surface area contributed by atoms with Crippen LogP contribution in [0.15, 0.2) is 71.1 Å². The summed E-state index contributed by atoms with van der Waals surface area (Å²) in [6.45, 7) is 2.86. The molecule has 0 saturated carbocycles. The van der Waals surface area contributed by atoms with Crippen LogP contribution in [0.5, 0.6) is 0 Å². The first-order chi connectivity index (χ1) is 13.1. The van der Waals surface area contributed by atoms with E-state index in [0.717, 1.165) is 11.1 Å². The molecule has 0 spiro atoms. The third-order valence-corrected chi connectivity index (χ3v) is 4.03. The normalized spacial score (nSPS) is 10.6. The Kier molecular flexibility index (Phi) is 6.18. The van der Waals surface area contributed by atoms with E-state index in [1.54, 1.807) is 36.4 Å². The van der Waals surface area contributed by atoms with Crippen LogP contribution in [0.1, 0.15) is 33.4 Å². The third kappa shape index (κ3) is 5.15. The number of rotatable bonds is 8. The molecule has 5 heteroatoms. The predicted molar refractivity (Wildman–Crippen MR) is 103 cm³/mol. The lowest BCUT2D eigenvalue weighted by atomic mass is 10.1. The van der Waals surface area contributed by atoms with Gasteiger partial charge in [-0.2, -0.15) is 0 Å². The molecule has 0 bridgehead atoms. The molecule has 138 valence electrons. The molecule has 1 aromatic heterocycles. The van der Waals surface area contributed by atoms with Crippen molar-refractivity contribution < 1.29 is 18.7 Å². The molecule has 1 amide bonds. The van der Waals surface area contributed by atoms with Crippen molar-refractivity contribution in [2.75, 3.05) is 13.2 Å². The maximum absolute atomic E-state index is 12.2. The van der Waals surface area contributed by atoms with Gasteiger partial charge in [-0.1, -0.05) is 42.5 Å². The van der Waals surface area contributed by atoms with Crippen LogP contribution in [0.4, 0.5) is 0 Å². The zero-order valence-corrected chi connectivity index (χ0v) is 15.1. The SMILES string of the molecule is CC(=O)c1ccc(-c2ccc(C(=O)NCCOCc3ccccc3)cc2)o1. The minimum absolute atomic E-state index is 0.119. The first kappa shape index (κ1) is 18.6. The summed E-state index contributed by atoms with van der Waals surface area (Å²) in [6, 6.07) is 20.3. The van der Waals surface area contributed by atoms with Crippen LogP contribution in [0, 0.1) is 0 Å². The van der Waals surface area contributed by atoms with Crippen molar-refractivity contribution in [2.24, 2.45) is 0 Å². The highest BCUT2D eigenvalue weighted by molar-refractivity contribution is 5.94. The number of carbonyl (C=O) groups excluding carboxylic acids is 2. The van der Waals surface area contributed by atoms with E-state index in [0.29, 0.717) is 36.8 Å². The van der Waals surface area contributed by atoms with Crippen molar-refractivity contribution in [3.05, 3.63) is 83.6 Å². The van der Waals surface area contributed by atoms with Crippen LogP contribution in [-0.4, -0.2) is 24.8 Å². The second kappa shape index (κ2) is 8.96. The third-order valence-electron chi connectivity index (χ3n) is 4.03. The molecular formula is C22H21NO4. The van der Waals surface area contributed by atoms with Crippen molar-refractivity contribution in [3.8, 4) is 11.3 Å². The van der Waals surface area contributed by atoms with Gasteiger partial charge in [0.2, 0.25) is 0 Å². The average Bonchev–Trinajstić information content (AvgIpc) is 3.19. The molecule has 5 nitrogen and oxygen atoms in total. The summed E-state index contributed by atoms with van der Waals surface area (Å²) in [5, 5.41) is 2.83. The second-order valence-electron chi connectivity index (χ2n) is 6.09. The minimum Gasteiger partial charge on any atom is -0.453 e. The molecule has 0 unspecified atom stereocenters. The second-order valence-corrected chi connectivity index (χ2v) is 6.09. The van der Waals surface area contributed by atoms with E-state index in [1.165, 1.54) is 6.92 Å². The molecule has 1 N–H and O–H groups in total. The van der Waals surface area contributed by atoms with Gasteiger partial charge in [0, 0.05) is 24.6 Å². The average molecular weight is 363 g/mol. The smallest absolute Gasteiger partial charge is 0.251 e. The van der Waals surface area contributed by atoms with Crippen molar-refractivity contribution >= 4 is 11.7 Å². The largest absolute Gasteiger partial charge is 0.453 e. The van der Waals surface area contributed by atoms with Crippen LogP contribution < -0.4 is 5.32 Å². The molecule has 3 rings (SSSR count). The van der Waals surface area contributed by atoms with Gasteiger partial charge in [0.1, 0.15) is 5.76 Å². The highest BCUT2D eigenvalue weighted by Gasteiger charge is 2.10. The summed E-state index contributed by atoms with van der Waals surface area (Å²) in [5.41, 5.74) is 2.47. The highest BCUT2D eigenvalue weighted by Crippen LogP contribution is 2.22. The lowest BCUT2D eigenvalue weighted by Gasteiger charge is -2.07. The van der Waals surface area contributed by atoms with E-state index in [2.05, 4.69) is 5.32 Å². The number of nitrogens with one attached hydrogen (secondary N) is 1. The molecule has 0 radical (unpaired) electrons. The van der Waals surface area contributed by atoms with Gasteiger partial charge in [-0.25, -0.2) is 0 Å². The van der Waals surface area contributed by atoms with Gasteiger partial charge in [-0.05, 0) is 29.8 Å². The predicted octanol–water partition coefficient (Wildman–Crippen LogP) is 4.10. The maximum atomic E-state index is 12.2. The van der Waals surface area contributed by atoms with Crippen LogP contribution >= 0.6 is 0 Å². The number of ketones is 1. The molecule has 0 fully saturated rings. The number of Topliss-reactive ketones (excluding diaryl/α,β-unsaturated/α-hetero) is 1. The molecule has 0 saturated heterocycles. The van der Waals surface area contributed by atoms with Gasteiger partial charge in [0.15, 0.2) is 11.5 Å². The van der Waals surface area contributed by atoms with E-state index in [-0.39, 0.29) is 11.7 Å². The topological polar surface area (TPSA) is 68.5 Å². The van der Waals surface area contributed by atoms with Crippen LogP contribution in [0.25, 0.3) is 11.3 Å². The standard InChI is InChI=1S/C22H21NO4/c1-16(24)20-11-12-21(27-20)18-7-9-19(10-8-18)22(25)23-13-14-26-15-17-5-3-2-4-6-17/h2-12H,13-15H2,1H3,(H,23,25). The molecule has 0 aliphatic heterocycles. The Labute approximate surface area is 158 Å². The van der Waals surface area contributed by atoms with Gasteiger partial charge >= 0.3 is 0 Å². The Morgan fingerprint density at radius 3 is 2.37 bits per heavy atom. The van der Waals surface area contributed by atoms with Gasteiger partial charge in [0.05, 0.1) is 13.2 Å². The van der Waals surface area contributed by atoms with Crippen LogP contribution in [0.3, 0.4) is 0 Å². The minimum atomic E-state index is -0.159. The molecule has 0 atom stereocenters. The Morgan fingerprint density at radius 2 is 1.70 bits per heavy atom. The first-order valence-corrected chi connectivity index (χ1v) is 8.74. The number of hydrogen-bond donors (Lipinski definition) is 1. The van der Waals surface area contributed by atoms with Gasteiger partial charge in [-0.15, -0.1) is 0 Å². The summed E-state index contributed by atoms with van der Waals surface area (Å²) in [5.74, 6) is 0.643. The number of hydrogen-bond acceptors (Lipinski definition) is 4. The summed E-state index contributed by atoms with van der Waals surface area (Å²) >= 11 is 0. The molecular weight excluding hydrogens is 342 g/mol. The quantitative estimate of drug-likeness (QED) is 0.483. The molecule has 3 aromatic rings. The molecule has 1 heterocycles. The number of ether oxygens (including phenoxy) is 1. The van der Waals surface area contributed by atoms with E-state index < -0.39 is 0 Å². The Morgan fingerprint density at radius 1 is 0.963 bits per heavy atom. The molecule has 27 heavy (non-hydrogen) atoms. The van der Waals surface area contributed by atoms with E-state index in [1.807, 2.05) is 30.3 Å². The lowest BCUT2D eigenvalue weighted by Crippen LogP contribution is -2.27. The Balaban J connectivity index is 1.46. The number of furan rings is 1. The van der Waals surface area contributed by atoms with E-state index in [4.69, 9.17) is 9.15 Å². The van der Waals surface area contributed by atoms with E-state index >= 15 is 0 Å². The van der Waals surface area contributed by atoms with Gasteiger partial charge < -0.3 is 14.5 Å². The van der Waals surface area contributed by atoms with Gasteiger partial charge in [0.25, 0.3) is 5.91 Å². The maximum Gasteiger partial charge on any atom is 0.251 e. The summed E-state index contributed by atoms with van der Waals surface area (Å²) in [4.78, 5) is 23.5. The summed E-state index contributed by atoms with van der Waals surface area (Å²) in [6.07, 6.45) is 0. The zero-order chi connectivity index (χ0) is 19.1. The highest BCUT2D eigenvalue weighted by atomic mass is 16.5. The first-order valence-electron chi connectivity index (χ1n) is 8.74. The summed E-state index contributed by atoms with van der Waals surface area (Å²) in [7, 11) is 0. The van der Waals surface area contributed by atoms with Crippen molar-refractivity contribution in [1.82, 2.24) is 5.32 Å². The molecule has 0 aliphatic carbocycles. The number of amides is 1. The fourth-order valence-corrected chi connectivity index (χ4v) is 2.57. The number of benzene rings is 2. The summed E-state index contributed by atoms with van der Waals surface area (Å²) < 4.78 is 11.0. The molecule has 0 aliphatic rings. The Bertz CT molecular complexity index is 898. The van der Waals surface area contributed by atoms with Crippen molar-refractivity contribution in [2.45, 2.75) is 13.5 Å². The number of carbonyl (C=O) groups is 2. The van der Waals surface area contributed by atoms with E-state index in [9.17, 15) is 9.59 Å². The fraction of sp³-hybridized carbons (Fsp3) is 0.182. The van der Waals surface area contributed by atoms with Crippen LogP contribution in [0.2, 0.25) is 0 Å².